The van der Waals surface area contributed by atoms with E-state index in [1.165, 1.54) is 28.6 Å². The molecule has 0 atom stereocenters. The zero-order chi connectivity index (χ0) is 22.1. The molecule has 5 nitrogen and oxygen atoms in total. The van der Waals surface area contributed by atoms with Crippen molar-refractivity contribution in [1.29, 1.82) is 0 Å². The summed E-state index contributed by atoms with van der Waals surface area (Å²) < 4.78 is 5.76. The van der Waals surface area contributed by atoms with Crippen molar-refractivity contribution in [3.05, 3.63) is 34.2 Å². The van der Waals surface area contributed by atoms with Gasteiger partial charge in [0.15, 0.2) is 5.17 Å². The number of carbonyl (C=O) groups excluding carboxylic acids is 1. The van der Waals surface area contributed by atoms with Crippen molar-refractivity contribution in [3.8, 4) is 5.75 Å². The molecule has 0 N–H and O–H groups in total. The molecule has 0 saturated carbocycles. The molecule has 1 fully saturated rings. The van der Waals surface area contributed by atoms with Gasteiger partial charge in [-0.15, -0.1) is 0 Å². The first-order chi connectivity index (χ1) is 14.3. The molecule has 0 bridgehead atoms. The molecular formula is C24H33N3O2S. The lowest BCUT2D eigenvalue weighted by atomic mass is 9.87. The van der Waals surface area contributed by atoms with E-state index in [-0.39, 0.29) is 11.4 Å². The van der Waals surface area contributed by atoms with Gasteiger partial charge in [-0.25, -0.2) is 0 Å². The summed E-state index contributed by atoms with van der Waals surface area (Å²) in [7, 11) is 1.69. The maximum atomic E-state index is 12.9. The summed E-state index contributed by atoms with van der Waals surface area (Å²) in [6.07, 6.45) is 5.35. The molecule has 0 unspecified atom stereocenters. The average molecular weight is 428 g/mol. The van der Waals surface area contributed by atoms with E-state index in [4.69, 9.17) is 4.74 Å². The van der Waals surface area contributed by atoms with E-state index in [9.17, 15) is 4.79 Å². The molecular weight excluding hydrogens is 394 g/mol. The van der Waals surface area contributed by atoms with Gasteiger partial charge in [0, 0.05) is 42.5 Å². The van der Waals surface area contributed by atoms with Crippen molar-refractivity contribution in [2.45, 2.75) is 53.5 Å². The molecule has 1 saturated heterocycles. The Kier molecular flexibility index (Phi) is 6.65. The Morgan fingerprint density at radius 1 is 1.23 bits per heavy atom. The van der Waals surface area contributed by atoms with E-state index in [2.05, 4.69) is 55.8 Å². The van der Waals surface area contributed by atoms with Gasteiger partial charge in [0.25, 0.3) is 5.91 Å². The molecule has 3 rings (SSSR count). The predicted octanol–water partition coefficient (Wildman–Crippen LogP) is 5.42. The summed E-state index contributed by atoms with van der Waals surface area (Å²) in [4.78, 5) is 22.2. The number of hydrogen-bond donors (Lipinski definition) is 0. The maximum Gasteiger partial charge on any atom is 0.266 e. The van der Waals surface area contributed by atoms with Gasteiger partial charge in [-0.1, -0.05) is 13.0 Å². The Labute approximate surface area is 184 Å². The predicted molar refractivity (Wildman–Crippen MR) is 129 cm³/mol. The standard InChI is InChI=1S/C24H33N3O2S/c1-8-11-27-19-14-20(29-7)17(12-18(19)16(4)15-24(27,5)6)13-21-22(28)26(10-3)23(30-21)25-9-2/h12-15H,8-11H2,1-7H3/b21-13+,25-23?. The third-order valence-electron chi connectivity index (χ3n) is 5.56. The third-order valence-corrected chi connectivity index (χ3v) is 6.61. The SMILES string of the molecule is CCCN1c2cc(OC)c(/C=C3/SC(=NCC)N(CC)C3=O)cc2C(C)=CC1(C)C. The molecule has 2 aliphatic rings. The van der Waals surface area contributed by atoms with Crippen molar-refractivity contribution < 1.29 is 9.53 Å². The Hall–Kier alpha value is -2.21. The number of methoxy groups -OCH3 is 1. The molecule has 1 amide bonds. The number of rotatable bonds is 6. The Morgan fingerprint density at radius 2 is 1.97 bits per heavy atom. The van der Waals surface area contributed by atoms with Crippen LogP contribution in [-0.4, -0.2) is 48.3 Å². The van der Waals surface area contributed by atoms with Gasteiger partial charge in [-0.3, -0.25) is 14.7 Å². The summed E-state index contributed by atoms with van der Waals surface area (Å²) in [6, 6.07) is 4.28. The Balaban J connectivity index is 2.10. The second-order valence-corrected chi connectivity index (χ2v) is 9.17. The number of carbonyl (C=O) groups is 1. The number of allylic oxidation sites excluding steroid dienone is 1. The number of anilines is 1. The lowest BCUT2D eigenvalue weighted by molar-refractivity contribution is -0.122. The third kappa shape index (κ3) is 4.02. The maximum absolute atomic E-state index is 12.9. The lowest BCUT2D eigenvalue weighted by Crippen LogP contribution is -2.45. The minimum Gasteiger partial charge on any atom is -0.496 e. The lowest BCUT2D eigenvalue weighted by Gasteiger charge is -2.43. The Morgan fingerprint density at radius 3 is 2.57 bits per heavy atom. The highest BCUT2D eigenvalue weighted by molar-refractivity contribution is 8.18. The smallest absolute Gasteiger partial charge is 0.266 e. The number of ether oxygens (including phenoxy) is 1. The summed E-state index contributed by atoms with van der Waals surface area (Å²) in [5, 5.41) is 0.778. The zero-order valence-electron chi connectivity index (χ0n) is 19.2. The van der Waals surface area contributed by atoms with Gasteiger partial charge >= 0.3 is 0 Å². The molecule has 0 spiro atoms. The Bertz CT molecular complexity index is 931. The number of amides is 1. The molecule has 6 heteroatoms. The van der Waals surface area contributed by atoms with E-state index in [0.717, 1.165) is 29.4 Å². The van der Waals surface area contributed by atoms with Gasteiger partial charge in [0.05, 0.1) is 17.6 Å². The quantitative estimate of drug-likeness (QED) is 0.569. The van der Waals surface area contributed by atoms with Crippen molar-refractivity contribution in [2.75, 3.05) is 31.6 Å². The van der Waals surface area contributed by atoms with Crippen LogP contribution in [-0.2, 0) is 4.79 Å². The molecule has 1 aromatic rings. The molecule has 2 aliphatic heterocycles. The highest BCUT2D eigenvalue weighted by Gasteiger charge is 2.34. The van der Waals surface area contributed by atoms with Crippen LogP contribution in [0.4, 0.5) is 5.69 Å². The molecule has 2 heterocycles. The first-order valence-electron chi connectivity index (χ1n) is 10.7. The van der Waals surface area contributed by atoms with E-state index in [1.54, 1.807) is 12.0 Å². The van der Waals surface area contributed by atoms with Crippen LogP contribution in [0.25, 0.3) is 11.6 Å². The summed E-state index contributed by atoms with van der Waals surface area (Å²) in [5.74, 6) is 0.792. The normalized spacial score (nSPS) is 20.8. The second kappa shape index (κ2) is 8.88. The highest BCUT2D eigenvalue weighted by Crippen LogP contribution is 2.43. The fraction of sp³-hybridized carbons (Fsp3) is 0.500. The fourth-order valence-electron chi connectivity index (χ4n) is 4.22. The van der Waals surface area contributed by atoms with Gasteiger partial charge in [0.2, 0.25) is 0 Å². The van der Waals surface area contributed by atoms with E-state index in [0.29, 0.717) is 18.0 Å². The monoisotopic (exact) mass is 427 g/mol. The van der Waals surface area contributed by atoms with Crippen LogP contribution in [0.2, 0.25) is 0 Å². The highest BCUT2D eigenvalue weighted by atomic mass is 32.2. The minimum atomic E-state index is -0.0531. The van der Waals surface area contributed by atoms with E-state index < -0.39 is 0 Å². The van der Waals surface area contributed by atoms with Crippen molar-refractivity contribution in [1.82, 2.24) is 4.90 Å². The fourth-order valence-corrected chi connectivity index (χ4v) is 5.32. The minimum absolute atomic E-state index is 0.00970. The van der Waals surface area contributed by atoms with Crippen LogP contribution in [0.5, 0.6) is 5.75 Å². The second-order valence-electron chi connectivity index (χ2n) is 8.16. The van der Waals surface area contributed by atoms with E-state index in [1.807, 2.05) is 19.9 Å². The number of likely N-dealkylation sites (N-methyl/N-ethyl adjacent to an activating group) is 1. The molecule has 0 aromatic heterocycles. The number of nitrogens with zero attached hydrogens (tertiary/aromatic N) is 3. The van der Waals surface area contributed by atoms with Crippen molar-refractivity contribution in [2.24, 2.45) is 4.99 Å². The molecule has 1 aromatic carbocycles. The molecule has 0 radical (unpaired) electrons. The van der Waals surface area contributed by atoms with Crippen molar-refractivity contribution in [3.63, 3.8) is 0 Å². The number of hydrogen-bond acceptors (Lipinski definition) is 5. The number of aliphatic imine (C=N–C) groups is 1. The molecule has 30 heavy (non-hydrogen) atoms. The van der Waals surface area contributed by atoms with Crippen LogP contribution < -0.4 is 9.64 Å². The van der Waals surface area contributed by atoms with Crippen molar-refractivity contribution >= 4 is 40.2 Å². The largest absolute Gasteiger partial charge is 0.496 e. The van der Waals surface area contributed by atoms with Gasteiger partial charge < -0.3 is 9.64 Å². The van der Waals surface area contributed by atoms with E-state index >= 15 is 0 Å². The first kappa shape index (κ1) is 22.5. The first-order valence-corrected chi connectivity index (χ1v) is 11.5. The van der Waals surface area contributed by atoms with Crippen LogP contribution in [0.3, 0.4) is 0 Å². The number of amidine groups is 1. The molecule has 162 valence electrons. The van der Waals surface area contributed by atoms with Gasteiger partial charge in [0.1, 0.15) is 5.75 Å². The van der Waals surface area contributed by atoms with Gasteiger partial charge in [-0.05, 0) is 70.5 Å². The van der Waals surface area contributed by atoms with Gasteiger partial charge in [-0.2, -0.15) is 0 Å². The van der Waals surface area contributed by atoms with Crippen LogP contribution in [0.15, 0.2) is 28.1 Å². The van der Waals surface area contributed by atoms with Crippen LogP contribution in [0, 0.1) is 0 Å². The summed E-state index contributed by atoms with van der Waals surface area (Å²) >= 11 is 1.44. The molecule has 0 aliphatic carbocycles. The summed E-state index contributed by atoms with van der Waals surface area (Å²) in [5.41, 5.74) is 4.50. The van der Waals surface area contributed by atoms with Crippen LogP contribution >= 0.6 is 11.8 Å². The van der Waals surface area contributed by atoms with Crippen LogP contribution in [0.1, 0.15) is 59.1 Å². The average Bonchev–Trinajstić information content (AvgIpc) is 2.99. The number of fused-ring (bicyclic) bond motifs is 1. The number of benzene rings is 1. The summed E-state index contributed by atoms with van der Waals surface area (Å²) in [6.45, 7) is 15.1. The topological polar surface area (TPSA) is 45.1 Å². The zero-order valence-corrected chi connectivity index (χ0v) is 20.0. The number of thioether (sulfide) groups is 1.